The van der Waals surface area contributed by atoms with Crippen molar-refractivity contribution < 1.29 is 14.3 Å². The summed E-state index contributed by atoms with van der Waals surface area (Å²) in [5.74, 6) is 1.34. The Bertz CT molecular complexity index is 454. The van der Waals surface area contributed by atoms with Crippen molar-refractivity contribution in [2.24, 2.45) is 0 Å². The molecule has 2 atom stereocenters. The smallest absolute Gasteiger partial charge is 0.254 e. The molecule has 1 amide bonds. The molecule has 0 N–H and O–H groups in total. The molecule has 0 radical (unpaired) electrons. The number of ether oxygens (including phenoxy) is 2. The molecule has 1 saturated heterocycles. The van der Waals surface area contributed by atoms with E-state index in [0.29, 0.717) is 17.1 Å². The summed E-state index contributed by atoms with van der Waals surface area (Å²) in [6.07, 6.45) is 3.32. The minimum Gasteiger partial charge on any atom is -0.497 e. The molecule has 4 nitrogen and oxygen atoms in total. The number of amides is 1. The predicted molar refractivity (Wildman–Crippen MR) is 78.5 cm³/mol. The van der Waals surface area contributed by atoms with Crippen LogP contribution in [0.25, 0.3) is 0 Å². The van der Waals surface area contributed by atoms with Crippen molar-refractivity contribution in [3.05, 3.63) is 23.8 Å². The van der Waals surface area contributed by atoms with Crippen molar-refractivity contribution >= 4 is 5.91 Å². The van der Waals surface area contributed by atoms with Gasteiger partial charge in [-0.2, -0.15) is 0 Å². The average molecular weight is 277 g/mol. The van der Waals surface area contributed by atoms with Crippen LogP contribution in [0.2, 0.25) is 0 Å². The van der Waals surface area contributed by atoms with Crippen molar-refractivity contribution in [2.45, 2.75) is 45.2 Å². The zero-order chi connectivity index (χ0) is 14.7. The molecule has 1 aliphatic rings. The van der Waals surface area contributed by atoms with Crippen LogP contribution in [-0.2, 0) is 0 Å². The number of methoxy groups -OCH3 is 2. The number of benzene rings is 1. The minimum atomic E-state index is 0.0573. The summed E-state index contributed by atoms with van der Waals surface area (Å²) in [5, 5.41) is 0. The minimum absolute atomic E-state index is 0.0573. The molecule has 1 fully saturated rings. The lowest BCUT2D eigenvalue weighted by molar-refractivity contribution is 0.0510. The van der Waals surface area contributed by atoms with E-state index >= 15 is 0 Å². The monoisotopic (exact) mass is 277 g/mol. The average Bonchev–Trinajstić information content (AvgIpc) is 2.46. The maximum atomic E-state index is 12.8. The van der Waals surface area contributed by atoms with Crippen molar-refractivity contribution in [3.63, 3.8) is 0 Å². The van der Waals surface area contributed by atoms with Gasteiger partial charge in [-0.3, -0.25) is 4.79 Å². The van der Waals surface area contributed by atoms with Gasteiger partial charge in [0.05, 0.1) is 14.2 Å². The summed E-state index contributed by atoms with van der Waals surface area (Å²) in [6, 6.07) is 5.89. The van der Waals surface area contributed by atoms with Gasteiger partial charge in [0.25, 0.3) is 5.91 Å². The number of carbonyl (C=O) groups is 1. The van der Waals surface area contributed by atoms with Crippen molar-refractivity contribution in [3.8, 4) is 11.5 Å². The molecule has 0 aromatic heterocycles. The standard InChI is InChI=1S/C16H23NO3/c1-11-6-5-7-12(2)17(11)16(18)13-8-14(19-3)10-15(9-13)20-4/h8-12H,5-7H2,1-4H3/t11-,12-/m1/s1. The number of hydrogen-bond donors (Lipinski definition) is 0. The lowest BCUT2D eigenvalue weighted by Crippen LogP contribution is -2.47. The molecule has 0 aliphatic carbocycles. The van der Waals surface area contributed by atoms with Crippen LogP contribution in [-0.4, -0.2) is 37.1 Å². The highest BCUT2D eigenvalue weighted by atomic mass is 16.5. The molecule has 0 saturated carbocycles. The SMILES string of the molecule is COc1cc(OC)cc(C(=O)N2[C@H](C)CCC[C@H]2C)c1. The highest BCUT2D eigenvalue weighted by Crippen LogP contribution is 2.28. The van der Waals surface area contributed by atoms with E-state index in [9.17, 15) is 4.79 Å². The lowest BCUT2D eigenvalue weighted by Gasteiger charge is -2.39. The van der Waals surface area contributed by atoms with E-state index in [1.165, 1.54) is 6.42 Å². The van der Waals surface area contributed by atoms with Crippen LogP contribution < -0.4 is 9.47 Å². The second kappa shape index (κ2) is 6.16. The third kappa shape index (κ3) is 2.89. The van der Waals surface area contributed by atoms with Crippen LogP contribution in [0.5, 0.6) is 11.5 Å². The molecular formula is C16H23NO3. The molecule has 1 aliphatic heterocycles. The summed E-state index contributed by atoms with van der Waals surface area (Å²) in [6.45, 7) is 4.23. The van der Waals surface area contributed by atoms with E-state index in [1.54, 1.807) is 32.4 Å². The Morgan fingerprint density at radius 1 is 1.05 bits per heavy atom. The Morgan fingerprint density at radius 3 is 2.00 bits per heavy atom. The summed E-state index contributed by atoms with van der Waals surface area (Å²) in [5.41, 5.74) is 0.627. The van der Waals surface area contributed by atoms with E-state index in [4.69, 9.17) is 9.47 Å². The van der Waals surface area contributed by atoms with E-state index in [0.717, 1.165) is 12.8 Å². The molecule has 0 spiro atoms. The van der Waals surface area contributed by atoms with Gasteiger partial charge in [-0.25, -0.2) is 0 Å². The zero-order valence-corrected chi connectivity index (χ0v) is 12.7. The van der Waals surface area contributed by atoms with Gasteiger partial charge in [0.1, 0.15) is 11.5 Å². The van der Waals surface area contributed by atoms with Crippen LogP contribution in [0, 0.1) is 0 Å². The van der Waals surface area contributed by atoms with Crippen molar-refractivity contribution in [1.29, 1.82) is 0 Å². The molecule has 1 heterocycles. The molecule has 0 unspecified atom stereocenters. The largest absolute Gasteiger partial charge is 0.497 e. The Morgan fingerprint density at radius 2 is 1.55 bits per heavy atom. The number of hydrogen-bond acceptors (Lipinski definition) is 3. The van der Waals surface area contributed by atoms with E-state index < -0.39 is 0 Å². The third-order valence-electron chi connectivity index (χ3n) is 4.03. The molecule has 110 valence electrons. The number of nitrogens with zero attached hydrogens (tertiary/aromatic N) is 1. The van der Waals surface area contributed by atoms with Crippen molar-refractivity contribution in [2.75, 3.05) is 14.2 Å². The first kappa shape index (κ1) is 14.7. The highest BCUT2D eigenvalue weighted by Gasteiger charge is 2.30. The lowest BCUT2D eigenvalue weighted by atomic mass is 9.96. The van der Waals surface area contributed by atoms with E-state index in [2.05, 4.69) is 13.8 Å². The van der Waals surface area contributed by atoms with Crippen molar-refractivity contribution in [1.82, 2.24) is 4.90 Å². The van der Waals surface area contributed by atoms with Crippen LogP contribution in [0.1, 0.15) is 43.5 Å². The fourth-order valence-corrected chi connectivity index (χ4v) is 2.90. The molecule has 20 heavy (non-hydrogen) atoms. The fourth-order valence-electron chi connectivity index (χ4n) is 2.90. The van der Waals surface area contributed by atoms with Gasteiger partial charge in [0.2, 0.25) is 0 Å². The van der Waals surface area contributed by atoms with E-state index in [1.807, 2.05) is 4.90 Å². The summed E-state index contributed by atoms with van der Waals surface area (Å²) in [7, 11) is 3.18. The molecule has 1 aromatic rings. The van der Waals surface area contributed by atoms with Gasteiger partial charge in [0.15, 0.2) is 0 Å². The first-order valence-corrected chi connectivity index (χ1v) is 7.12. The Kier molecular flexibility index (Phi) is 4.53. The van der Waals surface area contributed by atoms with Gasteiger partial charge < -0.3 is 14.4 Å². The summed E-state index contributed by atoms with van der Waals surface area (Å²) >= 11 is 0. The molecule has 1 aromatic carbocycles. The highest BCUT2D eigenvalue weighted by molar-refractivity contribution is 5.95. The topological polar surface area (TPSA) is 38.8 Å². The second-order valence-corrected chi connectivity index (χ2v) is 5.44. The van der Waals surface area contributed by atoms with Crippen LogP contribution in [0.15, 0.2) is 18.2 Å². The fraction of sp³-hybridized carbons (Fsp3) is 0.562. The normalized spacial score (nSPS) is 22.5. The number of piperidine rings is 1. The maximum absolute atomic E-state index is 12.8. The molecule has 4 heteroatoms. The van der Waals surface area contributed by atoms with Crippen LogP contribution in [0.3, 0.4) is 0 Å². The number of likely N-dealkylation sites (tertiary alicyclic amines) is 1. The van der Waals surface area contributed by atoms with Crippen LogP contribution >= 0.6 is 0 Å². The van der Waals surface area contributed by atoms with E-state index in [-0.39, 0.29) is 18.0 Å². The number of rotatable bonds is 3. The predicted octanol–water partition coefficient (Wildman–Crippen LogP) is 3.11. The quantitative estimate of drug-likeness (QED) is 0.852. The van der Waals surface area contributed by atoms with Gasteiger partial charge >= 0.3 is 0 Å². The molecule has 2 rings (SSSR count). The Balaban J connectivity index is 2.32. The molecule has 0 bridgehead atoms. The second-order valence-electron chi connectivity index (χ2n) is 5.44. The van der Waals surface area contributed by atoms with Gasteiger partial charge in [-0.15, -0.1) is 0 Å². The van der Waals surface area contributed by atoms with Gasteiger partial charge in [0, 0.05) is 23.7 Å². The Hall–Kier alpha value is -1.71. The summed E-state index contributed by atoms with van der Waals surface area (Å²) in [4.78, 5) is 14.8. The summed E-state index contributed by atoms with van der Waals surface area (Å²) < 4.78 is 10.5. The first-order valence-electron chi connectivity index (χ1n) is 7.12. The molecular weight excluding hydrogens is 254 g/mol. The van der Waals surface area contributed by atoms with Gasteiger partial charge in [-0.1, -0.05) is 0 Å². The van der Waals surface area contributed by atoms with Crippen LogP contribution in [0.4, 0.5) is 0 Å². The maximum Gasteiger partial charge on any atom is 0.254 e. The Labute approximate surface area is 120 Å². The first-order chi connectivity index (χ1) is 9.56. The zero-order valence-electron chi connectivity index (χ0n) is 12.7. The third-order valence-corrected chi connectivity index (χ3v) is 4.03. The van der Waals surface area contributed by atoms with Gasteiger partial charge in [-0.05, 0) is 45.2 Å². The number of carbonyl (C=O) groups excluding carboxylic acids is 1.